The highest BCUT2D eigenvalue weighted by atomic mass is 35.5. The minimum atomic E-state index is -4.20. The second kappa shape index (κ2) is 9.87. The molecule has 0 heterocycles. The van der Waals surface area contributed by atoms with E-state index in [4.69, 9.17) is 15.8 Å². The molecule has 0 unspecified atom stereocenters. The number of urea groups is 1. The molecule has 2 rings (SSSR count). The molecular formula is C22H28ClFN2O4S. The number of amides is 2. The lowest BCUT2D eigenvalue weighted by Gasteiger charge is -2.32. The summed E-state index contributed by atoms with van der Waals surface area (Å²) in [6.07, 6.45) is 0.697. The summed E-state index contributed by atoms with van der Waals surface area (Å²) < 4.78 is 43.9. The van der Waals surface area contributed by atoms with Gasteiger partial charge in [-0.15, -0.1) is 0 Å². The monoisotopic (exact) mass is 470 g/mol. The maximum Gasteiger partial charge on any atom is 0.339 e. The number of carbonyl (C=O) groups excluding carboxylic acids is 1. The number of benzene rings is 2. The van der Waals surface area contributed by atoms with E-state index in [1.165, 1.54) is 12.1 Å². The molecule has 0 aliphatic rings. The summed E-state index contributed by atoms with van der Waals surface area (Å²) >= 11 is 6.14. The first-order valence-corrected chi connectivity index (χ1v) is 11.7. The Labute approximate surface area is 188 Å². The Morgan fingerprint density at radius 2 is 1.81 bits per heavy atom. The van der Waals surface area contributed by atoms with E-state index in [0.717, 1.165) is 24.3 Å². The van der Waals surface area contributed by atoms with Gasteiger partial charge >= 0.3 is 16.1 Å². The first kappa shape index (κ1) is 24.9. The molecule has 0 spiro atoms. The van der Waals surface area contributed by atoms with Gasteiger partial charge in [0, 0.05) is 22.2 Å². The Kier molecular flexibility index (Phi) is 7.94. The van der Waals surface area contributed by atoms with Gasteiger partial charge in [0.25, 0.3) is 0 Å². The Bertz CT molecular complexity index is 1020. The molecule has 0 aromatic heterocycles. The third kappa shape index (κ3) is 7.11. The predicted octanol–water partition coefficient (Wildman–Crippen LogP) is 5.36. The molecule has 2 aromatic carbocycles. The summed E-state index contributed by atoms with van der Waals surface area (Å²) in [5.41, 5.74) is -0.00917. The minimum absolute atomic E-state index is 0.0468. The second-order valence-electron chi connectivity index (χ2n) is 8.31. The summed E-state index contributed by atoms with van der Waals surface area (Å²) in [7, 11) is -4.20. The van der Waals surface area contributed by atoms with E-state index in [1.54, 1.807) is 11.0 Å². The van der Waals surface area contributed by atoms with E-state index in [1.807, 2.05) is 34.6 Å². The van der Waals surface area contributed by atoms with Crippen LogP contribution in [0.5, 0.6) is 5.75 Å². The average Bonchev–Trinajstić information content (AvgIpc) is 2.66. The van der Waals surface area contributed by atoms with Gasteiger partial charge in [0.2, 0.25) is 0 Å². The van der Waals surface area contributed by atoms with Gasteiger partial charge in [-0.25, -0.2) is 9.18 Å². The highest BCUT2D eigenvalue weighted by molar-refractivity contribution is 7.87. The van der Waals surface area contributed by atoms with Crippen molar-refractivity contribution >= 4 is 27.8 Å². The molecule has 0 aliphatic heterocycles. The lowest BCUT2D eigenvalue weighted by atomic mass is 10.1. The number of halogens is 2. The van der Waals surface area contributed by atoms with E-state index < -0.39 is 21.5 Å². The summed E-state index contributed by atoms with van der Waals surface area (Å²) in [5.74, 6) is -0.509. The molecule has 0 fully saturated rings. The zero-order valence-corrected chi connectivity index (χ0v) is 19.8. The van der Waals surface area contributed by atoms with Crippen molar-refractivity contribution in [1.82, 2.24) is 10.2 Å². The molecule has 6 nitrogen and oxygen atoms in total. The third-order valence-corrected chi connectivity index (χ3v) is 6.01. The molecule has 0 saturated heterocycles. The quantitative estimate of drug-likeness (QED) is 0.553. The van der Waals surface area contributed by atoms with Crippen molar-refractivity contribution in [3.63, 3.8) is 0 Å². The van der Waals surface area contributed by atoms with Gasteiger partial charge < -0.3 is 14.4 Å². The third-order valence-electron chi connectivity index (χ3n) is 4.53. The normalized spacial score (nSPS) is 12.9. The lowest BCUT2D eigenvalue weighted by Crippen LogP contribution is -2.50. The molecule has 0 radical (unpaired) electrons. The number of hydrogen-bond acceptors (Lipinski definition) is 4. The van der Waals surface area contributed by atoms with Crippen LogP contribution in [0.15, 0.2) is 47.4 Å². The number of rotatable bonds is 7. The van der Waals surface area contributed by atoms with Gasteiger partial charge in [-0.3, -0.25) is 0 Å². The van der Waals surface area contributed by atoms with Crippen LogP contribution in [0, 0.1) is 5.82 Å². The molecule has 0 saturated carbocycles. The molecule has 2 amide bonds. The number of nitrogens with zero attached hydrogens (tertiary/aromatic N) is 1. The van der Waals surface area contributed by atoms with Crippen LogP contribution in [0.2, 0.25) is 5.02 Å². The van der Waals surface area contributed by atoms with E-state index in [0.29, 0.717) is 17.0 Å². The topological polar surface area (TPSA) is 75.7 Å². The molecule has 1 N–H and O–H groups in total. The highest BCUT2D eigenvalue weighted by Gasteiger charge is 2.26. The van der Waals surface area contributed by atoms with Crippen LogP contribution in [-0.4, -0.2) is 30.9 Å². The van der Waals surface area contributed by atoms with Gasteiger partial charge in [0.1, 0.15) is 16.5 Å². The Morgan fingerprint density at radius 1 is 1.19 bits per heavy atom. The summed E-state index contributed by atoms with van der Waals surface area (Å²) in [6.45, 7) is 9.58. The molecule has 9 heteroatoms. The standard InChI is InChI=1S/C22H28ClFN2O4S/c1-6-15(2)26(21(27)25-22(3,4)5)14-16-13-17(23)7-12-20(16)30-31(28,29)19-10-8-18(24)9-11-19/h7-13,15H,6,14H2,1-5H3,(H,25,27)/t15-/m1/s1. The molecular weight excluding hydrogens is 443 g/mol. The van der Waals surface area contributed by atoms with Crippen LogP contribution >= 0.6 is 11.6 Å². The fourth-order valence-corrected chi connectivity index (χ4v) is 3.90. The molecule has 2 aromatic rings. The fourth-order valence-electron chi connectivity index (χ4n) is 2.74. The van der Waals surface area contributed by atoms with Crippen molar-refractivity contribution in [2.45, 2.75) is 64.1 Å². The Hall–Kier alpha value is -2.32. The maximum absolute atomic E-state index is 13.2. The van der Waals surface area contributed by atoms with Crippen LogP contribution in [0.25, 0.3) is 0 Å². The second-order valence-corrected chi connectivity index (χ2v) is 10.3. The van der Waals surface area contributed by atoms with Crippen molar-refractivity contribution in [3.8, 4) is 5.75 Å². The fraction of sp³-hybridized carbons (Fsp3) is 0.409. The Balaban J connectivity index is 2.38. The van der Waals surface area contributed by atoms with Crippen LogP contribution in [0.4, 0.5) is 9.18 Å². The molecule has 0 bridgehead atoms. The van der Waals surface area contributed by atoms with Crippen LogP contribution < -0.4 is 9.50 Å². The smallest absolute Gasteiger partial charge is 0.339 e. The molecule has 170 valence electrons. The largest absolute Gasteiger partial charge is 0.379 e. The van der Waals surface area contributed by atoms with Crippen molar-refractivity contribution in [2.75, 3.05) is 0 Å². The van der Waals surface area contributed by atoms with Gasteiger partial charge in [-0.05, 0) is 76.6 Å². The average molecular weight is 471 g/mol. The van der Waals surface area contributed by atoms with Crippen LogP contribution in [0.1, 0.15) is 46.6 Å². The van der Waals surface area contributed by atoms with Crippen molar-refractivity contribution in [2.24, 2.45) is 0 Å². The molecule has 0 aliphatic carbocycles. The zero-order valence-electron chi connectivity index (χ0n) is 18.3. The number of nitrogens with one attached hydrogen (secondary N) is 1. The number of hydrogen-bond donors (Lipinski definition) is 1. The van der Waals surface area contributed by atoms with Gasteiger partial charge in [-0.2, -0.15) is 8.42 Å². The summed E-state index contributed by atoms with van der Waals surface area (Å²) in [4.78, 5) is 14.3. The summed E-state index contributed by atoms with van der Waals surface area (Å²) in [5, 5.41) is 3.30. The van der Waals surface area contributed by atoms with Gasteiger partial charge in [-0.1, -0.05) is 18.5 Å². The van der Waals surface area contributed by atoms with Crippen molar-refractivity contribution in [1.29, 1.82) is 0 Å². The molecule has 1 atom stereocenters. The lowest BCUT2D eigenvalue weighted by molar-refractivity contribution is 0.164. The van der Waals surface area contributed by atoms with Gasteiger partial charge in [0.15, 0.2) is 0 Å². The van der Waals surface area contributed by atoms with Crippen molar-refractivity contribution < 1.29 is 21.8 Å². The van der Waals surface area contributed by atoms with Crippen LogP contribution in [0.3, 0.4) is 0 Å². The predicted molar refractivity (Wildman–Crippen MR) is 119 cm³/mol. The zero-order chi connectivity index (χ0) is 23.4. The first-order valence-electron chi connectivity index (χ1n) is 9.89. The van der Waals surface area contributed by atoms with Crippen LogP contribution in [-0.2, 0) is 16.7 Å². The Morgan fingerprint density at radius 3 is 2.35 bits per heavy atom. The molecule has 31 heavy (non-hydrogen) atoms. The SMILES string of the molecule is CC[C@@H](C)N(Cc1cc(Cl)ccc1OS(=O)(=O)c1ccc(F)cc1)C(=O)NC(C)(C)C. The van der Waals surface area contributed by atoms with Crippen molar-refractivity contribution in [3.05, 3.63) is 58.9 Å². The number of carbonyl (C=O) groups is 1. The summed E-state index contributed by atoms with van der Waals surface area (Å²) in [6, 6.07) is 8.44. The van der Waals surface area contributed by atoms with E-state index >= 15 is 0 Å². The highest BCUT2D eigenvalue weighted by Crippen LogP contribution is 2.28. The maximum atomic E-state index is 13.2. The minimum Gasteiger partial charge on any atom is -0.379 e. The van der Waals surface area contributed by atoms with Gasteiger partial charge in [0.05, 0.1) is 6.54 Å². The first-order chi connectivity index (χ1) is 14.3. The van der Waals surface area contributed by atoms with E-state index in [-0.39, 0.29) is 29.3 Å². The van der Waals surface area contributed by atoms with E-state index in [2.05, 4.69) is 5.32 Å². The van der Waals surface area contributed by atoms with E-state index in [9.17, 15) is 17.6 Å².